The maximum Gasteiger partial charge on any atom is 0.154 e. The van der Waals surface area contributed by atoms with Crippen LogP contribution in [0.5, 0.6) is 0 Å². The van der Waals surface area contributed by atoms with E-state index in [4.69, 9.17) is 2.51 Å². The van der Waals surface area contributed by atoms with Crippen molar-refractivity contribution in [3.8, 4) is 0 Å². The lowest BCUT2D eigenvalue weighted by molar-refractivity contribution is -0.129. The van der Waals surface area contributed by atoms with Crippen molar-refractivity contribution >= 4 is 56.9 Å². The third-order valence-electron chi connectivity index (χ3n) is 2.02. The molecule has 1 rings (SSSR count). The molecule has 1 unspecified atom stereocenters. The van der Waals surface area contributed by atoms with Gasteiger partial charge >= 0.3 is 0 Å². The van der Waals surface area contributed by atoms with E-state index in [0.29, 0.717) is 6.54 Å². The van der Waals surface area contributed by atoms with Gasteiger partial charge in [-0.25, -0.2) is 6.82 Å². The number of hydrogen-bond acceptors (Lipinski definition) is 4. The second-order valence-electron chi connectivity index (χ2n) is 3.68. The molecule has 76 valence electrons. The van der Waals surface area contributed by atoms with Gasteiger partial charge in [-0.3, -0.25) is 4.79 Å². The highest BCUT2D eigenvalue weighted by Gasteiger charge is 2.40. The number of hydrogen-bond donors (Lipinski definition) is 0. The van der Waals surface area contributed by atoms with E-state index in [1.165, 1.54) is 12.2 Å². The van der Waals surface area contributed by atoms with E-state index >= 15 is 0 Å². The summed E-state index contributed by atoms with van der Waals surface area (Å²) in [7, 11) is 0. The molecular weight excluding hydrogens is 369 g/mol. The van der Waals surface area contributed by atoms with Crippen molar-refractivity contribution < 1.29 is 7.31 Å². The van der Waals surface area contributed by atoms with Gasteiger partial charge in [-0.1, -0.05) is 29.8 Å². The molecule has 0 spiro atoms. The van der Waals surface area contributed by atoms with Gasteiger partial charge in [0.15, 0.2) is 5.78 Å². The minimum absolute atomic E-state index is 0.0738. The lowest BCUT2D eigenvalue weighted by Crippen LogP contribution is -2.49. The first-order valence-corrected chi connectivity index (χ1v) is 6.35. The molecule has 0 bridgehead atoms. The average Bonchev–Trinajstić information content (AvgIpc) is 2.00. The highest BCUT2D eigenvalue weighted by molar-refractivity contribution is 14.1. The van der Waals surface area contributed by atoms with Crippen LogP contribution in [0.25, 0.3) is 0 Å². The van der Waals surface area contributed by atoms with E-state index in [1.54, 1.807) is 0 Å². The molecule has 0 aliphatic carbocycles. The number of Topliss-reactive ketones (excluding diaryl/α,β-unsaturated/α-hetero) is 1. The first kappa shape index (κ1) is 12.2. The number of piperidine rings is 1. The average molecular weight is 380 g/mol. The molecular formula is C7H11BrINO2S. The van der Waals surface area contributed by atoms with Crippen LogP contribution in [0.15, 0.2) is 0 Å². The number of carbonyl (C=O) groups excluding carboxylic acids is 1. The van der Waals surface area contributed by atoms with E-state index in [0.717, 1.165) is 6.54 Å². The summed E-state index contributed by atoms with van der Waals surface area (Å²) in [6.45, 7) is 5.37. The molecule has 1 heterocycles. The second-order valence-corrected chi connectivity index (χ2v) is 6.65. The Bertz CT molecular complexity index is 215. The van der Waals surface area contributed by atoms with Gasteiger partial charge in [-0.05, 0) is 0 Å². The van der Waals surface area contributed by atoms with Crippen molar-refractivity contribution in [2.24, 2.45) is 5.41 Å². The van der Waals surface area contributed by atoms with E-state index in [9.17, 15) is 4.79 Å². The van der Waals surface area contributed by atoms with Gasteiger partial charge in [0, 0.05) is 18.5 Å². The summed E-state index contributed by atoms with van der Waals surface area (Å²) >= 11 is 6.51. The Labute approximate surface area is 105 Å². The van der Waals surface area contributed by atoms with Crippen LogP contribution in [0.1, 0.15) is 13.8 Å². The number of nitrogens with zero attached hydrogens (tertiary/aromatic N) is 1. The van der Waals surface area contributed by atoms with Crippen molar-refractivity contribution in [1.82, 2.24) is 4.31 Å². The summed E-state index contributed by atoms with van der Waals surface area (Å²) in [6.07, 6.45) is 0. The zero-order valence-corrected chi connectivity index (χ0v) is 12.0. The number of carbonyl (C=O) groups is 1. The number of alkyl halides is 1. The second kappa shape index (κ2) is 4.78. The van der Waals surface area contributed by atoms with Crippen LogP contribution in [0.3, 0.4) is 0 Å². The fourth-order valence-corrected chi connectivity index (χ4v) is 3.87. The third-order valence-corrected chi connectivity index (χ3v) is 3.75. The fourth-order valence-electron chi connectivity index (χ4n) is 1.37. The maximum atomic E-state index is 11.7. The molecule has 1 atom stereocenters. The molecule has 0 aromatic carbocycles. The van der Waals surface area contributed by atoms with Crippen LogP contribution in [0.4, 0.5) is 0 Å². The molecule has 0 N–H and O–H groups in total. The van der Waals surface area contributed by atoms with E-state index in [2.05, 4.69) is 15.9 Å². The molecule has 0 radical (unpaired) electrons. The topological polar surface area (TPSA) is 29.5 Å². The Balaban J connectivity index is 2.64. The Morgan fingerprint density at radius 1 is 1.77 bits per heavy atom. The molecule has 0 saturated carbocycles. The summed E-state index contributed by atoms with van der Waals surface area (Å²) in [5.74, 6) is 0.276. The first-order chi connectivity index (χ1) is 5.97. The van der Waals surface area contributed by atoms with Gasteiger partial charge in [-0.2, -0.15) is 0 Å². The molecule has 1 fully saturated rings. The van der Waals surface area contributed by atoms with E-state index in [1.807, 2.05) is 41.2 Å². The zero-order valence-electron chi connectivity index (χ0n) is 7.42. The van der Waals surface area contributed by atoms with Crippen LogP contribution in [-0.2, 0) is 7.31 Å². The summed E-state index contributed by atoms with van der Waals surface area (Å²) in [4.78, 5) is 11.6. The van der Waals surface area contributed by atoms with Gasteiger partial charge in [0.05, 0.1) is 17.1 Å². The fraction of sp³-hybridized carbons (Fsp3) is 0.857. The zero-order chi connectivity index (χ0) is 10.1. The highest BCUT2D eigenvalue weighted by Crippen LogP contribution is 2.32. The summed E-state index contributed by atoms with van der Waals surface area (Å²) < 4.78 is 6.99. The largest absolute Gasteiger partial charge is 0.298 e. The van der Waals surface area contributed by atoms with Crippen LogP contribution in [0, 0.1) is 5.41 Å². The van der Waals surface area contributed by atoms with Crippen LogP contribution in [-0.4, -0.2) is 28.0 Å². The lowest BCUT2D eigenvalue weighted by Gasteiger charge is -2.37. The summed E-state index contributed by atoms with van der Waals surface area (Å²) in [6, 6.07) is 0. The van der Waals surface area contributed by atoms with Crippen molar-refractivity contribution in [2.75, 3.05) is 13.1 Å². The van der Waals surface area contributed by atoms with Gasteiger partial charge < -0.3 is 0 Å². The predicted octanol–water partition coefficient (Wildman–Crippen LogP) is 2.59. The molecule has 1 aliphatic rings. The predicted molar refractivity (Wildman–Crippen MR) is 65.8 cm³/mol. The summed E-state index contributed by atoms with van der Waals surface area (Å²) in [5.41, 5.74) is -0.283. The minimum atomic E-state index is -0.283. The normalized spacial score (nSPS) is 29.2. The Morgan fingerprint density at radius 2 is 2.38 bits per heavy atom. The molecule has 0 aromatic heterocycles. The van der Waals surface area contributed by atoms with Crippen LogP contribution >= 0.6 is 51.2 Å². The standard InChI is InChI=1S/C7H11BrINO2S/c1-7(2)4-10(13-12-9)3-5(8)6(7)11/h5H,3-4H2,1-2H3. The van der Waals surface area contributed by atoms with Crippen molar-refractivity contribution in [3.63, 3.8) is 0 Å². The van der Waals surface area contributed by atoms with E-state index < -0.39 is 0 Å². The highest BCUT2D eigenvalue weighted by atomic mass is 127. The Kier molecular flexibility index (Phi) is 4.49. The number of halogens is 2. The maximum absolute atomic E-state index is 11.7. The Hall–Kier alpha value is 1.15. The molecule has 3 nitrogen and oxygen atoms in total. The van der Waals surface area contributed by atoms with E-state index in [-0.39, 0.29) is 16.0 Å². The molecule has 0 aromatic rings. The molecule has 1 saturated heterocycles. The molecule has 1 aliphatic heterocycles. The lowest BCUT2D eigenvalue weighted by atomic mass is 9.84. The SMILES string of the molecule is CC1(C)CN(SOI)CC(Br)C1=O. The van der Waals surface area contributed by atoms with Gasteiger partial charge in [0.2, 0.25) is 0 Å². The smallest absolute Gasteiger partial charge is 0.154 e. The van der Waals surface area contributed by atoms with Gasteiger partial charge in [-0.15, -0.1) is 0 Å². The van der Waals surface area contributed by atoms with Gasteiger partial charge in [0.25, 0.3) is 0 Å². The minimum Gasteiger partial charge on any atom is -0.298 e. The Morgan fingerprint density at radius 3 is 2.85 bits per heavy atom. The molecule has 0 amide bonds. The summed E-state index contributed by atoms with van der Waals surface area (Å²) in [5, 5.41) is 0. The molecule has 6 heteroatoms. The monoisotopic (exact) mass is 379 g/mol. The number of rotatable bonds is 2. The van der Waals surface area contributed by atoms with Gasteiger partial charge in [0.1, 0.15) is 23.0 Å². The first-order valence-electron chi connectivity index (χ1n) is 3.86. The third kappa shape index (κ3) is 3.05. The number of ketones is 1. The quantitative estimate of drug-likeness (QED) is 0.319. The molecule has 13 heavy (non-hydrogen) atoms. The van der Waals surface area contributed by atoms with Crippen molar-refractivity contribution in [2.45, 2.75) is 18.7 Å². The van der Waals surface area contributed by atoms with Crippen LogP contribution in [0.2, 0.25) is 0 Å². The van der Waals surface area contributed by atoms with Crippen molar-refractivity contribution in [1.29, 1.82) is 0 Å². The van der Waals surface area contributed by atoms with Crippen LogP contribution < -0.4 is 0 Å². The van der Waals surface area contributed by atoms with Crippen molar-refractivity contribution in [3.05, 3.63) is 0 Å².